The molecule has 1 aliphatic heterocycles. The van der Waals surface area contributed by atoms with Crippen molar-refractivity contribution in [3.63, 3.8) is 0 Å². The second-order valence-electron chi connectivity index (χ2n) is 4.59. The Balaban J connectivity index is 1.95. The molecule has 2 rings (SSSR count). The number of nitriles is 1. The second-order valence-corrected chi connectivity index (χ2v) is 4.59. The van der Waals surface area contributed by atoms with Crippen LogP contribution < -0.4 is 10.6 Å². The molecule has 18 heavy (non-hydrogen) atoms. The Hall–Kier alpha value is -1.86. The number of amides is 1. The van der Waals surface area contributed by atoms with E-state index in [1.54, 1.807) is 0 Å². The highest BCUT2D eigenvalue weighted by Crippen LogP contribution is 2.23. The van der Waals surface area contributed by atoms with Crippen LogP contribution >= 0.6 is 0 Å². The van der Waals surface area contributed by atoms with E-state index in [-0.39, 0.29) is 11.9 Å². The van der Waals surface area contributed by atoms with E-state index in [9.17, 15) is 4.79 Å². The lowest BCUT2D eigenvalue weighted by Crippen LogP contribution is -2.26. The number of fused-ring (bicyclic) bond motifs is 1. The highest BCUT2D eigenvalue weighted by Gasteiger charge is 2.14. The Morgan fingerprint density at radius 1 is 1.50 bits per heavy atom. The van der Waals surface area contributed by atoms with E-state index in [0.717, 1.165) is 25.1 Å². The van der Waals surface area contributed by atoms with Crippen LogP contribution in [-0.4, -0.2) is 18.5 Å². The third kappa shape index (κ3) is 3.08. The first-order valence-electron chi connectivity index (χ1n) is 6.23. The van der Waals surface area contributed by atoms with Crippen molar-refractivity contribution in [2.45, 2.75) is 32.2 Å². The SMILES string of the molecule is CC(C#N)NCCc1ccc2c(c1)CCC(=O)N2. The quantitative estimate of drug-likeness (QED) is 0.844. The summed E-state index contributed by atoms with van der Waals surface area (Å²) in [4.78, 5) is 11.2. The van der Waals surface area contributed by atoms with Gasteiger partial charge in [0, 0.05) is 18.7 Å². The first-order chi connectivity index (χ1) is 8.69. The maximum absolute atomic E-state index is 11.2. The molecule has 1 atom stereocenters. The van der Waals surface area contributed by atoms with Gasteiger partial charge in [-0.1, -0.05) is 12.1 Å². The molecule has 1 unspecified atom stereocenters. The summed E-state index contributed by atoms with van der Waals surface area (Å²) in [5.74, 6) is 0.0970. The van der Waals surface area contributed by atoms with Crippen molar-refractivity contribution in [2.24, 2.45) is 0 Å². The topological polar surface area (TPSA) is 64.9 Å². The van der Waals surface area contributed by atoms with Crippen molar-refractivity contribution in [1.29, 1.82) is 5.26 Å². The van der Waals surface area contributed by atoms with Crippen LogP contribution in [0.4, 0.5) is 5.69 Å². The summed E-state index contributed by atoms with van der Waals surface area (Å²) in [6.07, 6.45) is 2.28. The highest BCUT2D eigenvalue weighted by atomic mass is 16.1. The Morgan fingerprint density at radius 3 is 3.11 bits per heavy atom. The molecule has 0 saturated carbocycles. The zero-order valence-electron chi connectivity index (χ0n) is 10.5. The maximum Gasteiger partial charge on any atom is 0.224 e. The van der Waals surface area contributed by atoms with E-state index in [2.05, 4.69) is 22.8 Å². The average Bonchev–Trinajstić information content (AvgIpc) is 2.38. The fraction of sp³-hybridized carbons (Fsp3) is 0.429. The lowest BCUT2D eigenvalue weighted by atomic mass is 9.99. The van der Waals surface area contributed by atoms with Gasteiger partial charge >= 0.3 is 0 Å². The number of benzene rings is 1. The summed E-state index contributed by atoms with van der Waals surface area (Å²) in [6, 6.07) is 8.18. The van der Waals surface area contributed by atoms with E-state index in [4.69, 9.17) is 5.26 Å². The molecule has 0 radical (unpaired) electrons. The van der Waals surface area contributed by atoms with Gasteiger partial charge in [0.25, 0.3) is 0 Å². The van der Waals surface area contributed by atoms with Crippen molar-refractivity contribution < 1.29 is 4.79 Å². The van der Waals surface area contributed by atoms with Gasteiger partial charge in [-0.05, 0) is 37.0 Å². The normalized spacial score (nSPS) is 15.4. The number of carbonyl (C=O) groups excluding carboxylic acids is 1. The number of aryl methyl sites for hydroxylation is 1. The summed E-state index contributed by atoms with van der Waals surface area (Å²) in [5.41, 5.74) is 3.39. The minimum absolute atomic E-state index is 0.0970. The third-order valence-electron chi connectivity index (χ3n) is 3.12. The summed E-state index contributed by atoms with van der Waals surface area (Å²) in [6.45, 7) is 2.64. The summed E-state index contributed by atoms with van der Waals surface area (Å²) < 4.78 is 0. The Bertz CT molecular complexity index is 490. The number of nitrogens with one attached hydrogen (secondary N) is 2. The Kier molecular flexibility index (Phi) is 3.96. The number of carbonyl (C=O) groups is 1. The standard InChI is InChI=1S/C14H17N3O/c1-10(9-15)16-7-6-11-2-4-13-12(8-11)3-5-14(18)17-13/h2,4,8,10,16H,3,5-7H2,1H3,(H,17,18). The molecule has 1 amide bonds. The zero-order valence-corrected chi connectivity index (χ0v) is 10.5. The lowest BCUT2D eigenvalue weighted by molar-refractivity contribution is -0.116. The molecule has 1 heterocycles. The minimum atomic E-state index is -0.109. The van der Waals surface area contributed by atoms with Crippen LogP contribution in [0.5, 0.6) is 0 Å². The van der Waals surface area contributed by atoms with Gasteiger partial charge in [-0.3, -0.25) is 4.79 Å². The van der Waals surface area contributed by atoms with Crippen LogP contribution in [0.2, 0.25) is 0 Å². The predicted octanol–water partition coefficient (Wildman–Crippen LogP) is 1.62. The highest BCUT2D eigenvalue weighted by molar-refractivity contribution is 5.93. The van der Waals surface area contributed by atoms with Gasteiger partial charge in [-0.25, -0.2) is 0 Å². The van der Waals surface area contributed by atoms with Crippen molar-refractivity contribution in [1.82, 2.24) is 5.32 Å². The number of anilines is 1. The number of nitrogens with zero attached hydrogens (tertiary/aromatic N) is 1. The van der Waals surface area contributed by atoms with Crippen molar-refractivity contribution in [3.8, 4) is 6.07 Å². The van der Waals surface area contributed by atoms with Gasteiger partial charge in [0.1, 0.15) is 0 Å². The molecule has 4 heteroatoms. The molecule has 1 aromatic carbocycles. The van der Waals surface area contributed by atoms with Crippen molar-refractivity contribution in [2.75, 3.05) is 11.9 Å². The summed E-state index contributed by atoms with van der Waals surface area (Å²) in [7, 11) is 0. The molecule has 1 aliphatic rings. The lowest BCUT2D eigenvalue weighted by Gasteiger charge is -2.17. The van der Waals surface area contributed by atoms with E-state index in [0.29, 0.717) is 6.42 Å². The van der Waals surface area contributed by atoms with Crippen LogP contribution in [0.25, 0.3) is 0 Å². The second kappa shape index (κ2) is 5.65. The minimum Gasteiger partial charge on any atom is -0.326 e. The van der Waals surface area contributed by atoms with E-state index >= 15 is 0 Å². The molecule has 0 aliphatic carbocycles. The van der Waals surface area contributed by atoms with Gasteiger partial charge in [0.2, 0.25) is 5.91 Å². The largest absolute Gasteiger partial charge is 0.326 e. The number of rotatable bonds is 4. The molecule has 0 bridgehead atoms. The molecule has 0 spiro atoms. The Morgan fingerprint density at radius 2 is 2.33 bits per heavy atom. The maximum atomic E-state index is 11.2. The van der Waals surface area contributed by atoms with Gasteiger partial charge in [0.15, 0.2) is 0 Å². The van der Waals surface area contributed by atoms with Crippen molar-refractivity contribution in [3.05, 3.63) is 29.3 Å². The average molecular weight is 243 g/mol. The first-order valence-corrected chi connectivity index (χ1v) is 6.23. The monoisotopic (exact) mass is 243 g/mol. The van der Waals surface area contributed by atoms with Gasteiger partial charge in [0.05, 0.1) is 12.1 Å². The molecule has 0 fully saturated rings. The molecule has 0 saturated heterocycles. The summed E-state index contributed by atoms with van der Waals surface area (Å²) >= 11 is 0. The van der Waals surface area contributed by atoms with E-state index in [1.165, 1.54) is 11.1 Å². The molecule has 2 N–H and O–H groups in total. The van der Waals surface area contributed by atoms with Crippen molar-refractivity contribution >= 4 is 11.6 Å². The molecule has 0 aromatic heterocycles. The molecular formula is C14H17N3O. The fourth-order valence-corrected chi connectivity index (χ4v) is 2.07. The molecule has 94 valence electrons. The number of hydrogen-bond donors (Lipinski definition) is 2. The van der Waals surface area contributed by atoms with Crippen LogP contribution in [0.3, 0.4) is 0 Å². The molecule has 4 nitrogen and oxygen atoms in total. The van der Waals surface area contributed by atoms with Crippen LogP contribution in [-0.2, 0) is 17.6 Å². The number of hydrogen-bond acceptors (Lipinski definition) is 3. The smallest absolute Gasteiger partial charge is 0.224 e. The first kappa shape index (κ1) is 12.6. The van der Waals surface area contributed by atoms with Crippen LogP contribution in [0.15, 0.2) is 18.2 Å². The van der Waals surface area contributed by atoms with Gasteiger partial charge < -0.3 is 10.6 Å². The third-order valence-corrected chi connectivity index (χ3v) is 3.12. The predicted molar refractivity (Wildman–Crippen MR) is 70.2 cm³/mol. The van der Waals surface area contributed by atoms with Crippen LogP contribution in [0, 0.1) is 11.3 Å². The molecule has 1 aromatic rings. The zero-order chi connectivity index (χ0) is 13.0. The van der Waals surface area contributed by atoms with Gasteiger partial charge in [-0.2, -0.15) is 5.26 Å². The molecular weight excluding hydrogens is 226 g/mol. The van der Waals surface area contributed by atoms with Crippen LogP contribution in [0.1, 0.15) is 24.5 Å². The summed E-state index contributed by atoms with van der Waals surface area (Å²) in [5, 5.41) is 14.7. The van der Waals surface area contributed by atoms with E-state index in [1.807, 2.05) is 19.1 Å². The Labute approximate surface area is 107 Å². The fourth-order valence-electron chi connectivity index (χ4n) is 2.07. The van der Waals surface area contributed by atoms with E-state index < -0.39 is 0 Å². The van der Waals surface area contributed by atoms with Gasteiger partial charge in [-0.15, -0.1) is 0 Å².